The lowest BCUT2D eigenvalue weighted by Gasteiger charge is -2.08. The molecule has 0 saturated heterocycles. The molecule has 0 aliphatic rings. The number of rotatable bonds is 3. The van der Waals surface area contributed by atoms with Crippen LogP contribution >= 0.6 is 11.8 Å². The zero-order valence-electron chi connectivity index (χ0n) is 9.78. The first kappa shape index (κ1) is 12.8. The van der Waals surface area contributed by atoms with Crippen molar-refractivity contribution in [2.24, 2.45) is 0 Å². The Bertz CT molecular complexity index is 578. The summed E-state index contributed by atoms with van der Waals surface area (Å²) in [4.78, 5) is 8.20. The Labute approximate surface area is 107 Å². The average Bonchev–Trinajstić information content (AvgIpc) is 2.34. The molecule has 0 spiro atoms. The molecular formula is C12H10F2N2OS. The number of benzene rings is 1. The van der Waals surface area contributed by atoms with E-state index in [1.165, 1.54) is 24.0 Å². The summed E-state index contributed by atoms with van der Waals surface area (Å²) >= 11 is 1.40. The van der Waals surface area contributed by atoms with E-state index in [9.17, 15) is 8.78 Å². The molecule has 0 aliphatic carbocycles. The van der Waals surface area contributed by atoms with Crippen molar-refractivity contribution in [1.29, 1.82) is 0 Å². The van der Waals surface area contributed by atoms with Crippen molar-refractivity contribution in [2.75, 3.05) is 6.26 Å². The highest BCUT2D eigenvalue weighted by molar-refractivity contribution is 7.98. The number of ether oxygens (including phenoxy) is 1. The Morgan fingerprint density at radius 3 is 2.61 bits per heavy atom. The second kappa shape index (κ2) is 5.30. The van der Waals surface area contributed by atoms with Crippen molar-refractivity contribution in [3.8, 4) is 11.5 Å². The molecule has 0 bridgehead atoms. The standard InChI is InChI=1S/C12H10F2N2OS/c1-7-11(6-15-12(16-7)18-2)17-10-4-3-8(13)5-9(10)14/h3-6H,1-2H3. The SMILES string of the molecule is CSc1ncc(Oc2ccc(F)cc2F)c(C)n1. The van der Waals surface area contributed by atoms with Crippen LogP contribution in [0.5, 0.6) is 11.5 Å². The van der Waals surface area contributed by atoms with Crippen LogP contribution in [0.2, 0.25) is 0 Å². The molecule has 0 saturated carbocycles. The number of hydrogen-bond acceptors (Lipinski definition) is 4. The number of nitrogens with zero attached hydrogens (tertiary/aromatic N) is 2. The van der Waals surface area contributed by atoms with Gasteiger partial charge in [-0.1, -0.05) is 11.8 Å². The van der Waals surface area contributed by atoms with E-state index in [4.69, 9.17) is 4.74 Å². The predicted molar refractivity (Wildman–Crippen MR) is 65.0 cm³/mol. The second-order valence-corrected chi connectivity index (χ2v) is 4.26. The van der Waals surface area contributed by atoms with Gasteiger partial charge in [0.2, 0.25) is 0 Å². The van der Waals surface area contributed by atoms with Crippen molar-refractivity contribution in [2.45, 2.75) is 12.1 Å². The Balaban J connectivity index is 2.28. The molecule has 3 nitrogen and oxygen atoms in total. The molecule has 1 aromatic heterocycles. The van der Waals surface area contributed by atoms with Gasteiger partial charge in [-0.25, -0.2) is 18.7 Å². The van der Waals surface area contributed by atoms with Crippen LogP contribution in [0.3, 0.4) is 0 Å². The maximum absolute atomic E-state index is 13.4. The van der Waals surface area contributed by atoms with Gasteiger partial charge in [0, 0.05) is 6.07 Å². The minimum Gasteiger partial charge on any atom is -0.451 e. The van der Waals surface area contributed by atoms with Crippen LogP contribution in [-0.4, -0.2) is 16.2 Å². The molecule has 0 atom stereocenters. The molecule has 1 aromatic carbocycles. The lowest BCUT2D eigenvalue weighted by atomic mass is 10.3. The molecule has 0 aliphatic heterocycles. The first-order valence-electron chi connectivity index (χ1n) is 5.10. The molecular weight excluding hydrogens is 258 g/mol. The minimum absolute atomic E-state index is 0.0556. The highest BCUT2D eigenvalue weighted by Gasteiger charge is 2.09. The van der Waals surface area contributed by atoms with Crippen LogP contribution in [0, 0.1) is 18.6 Å². The normalized spacial score (nSPS) is 10.4. The van der Waals surface area contributed by atoms with Gasteiger partial charge < -0.3 is 4.74 Å². The Kier molecular flexibility index (Phi) is 3.76. The third-order valence-corrected chi connectivity index (χ3v) is 2.77. The first-order valence-corrected chi connectivity index (χ1v) is 6.33. The topological polar surface area (TPSA) is 35.0 Å². The van der Waals surface area contributed by atoms with Crippen LogP contribution < -0.4 is 4.74 Å². The Hall–Kier alpha value is -1.69. The minimum atomic E-state index is -0.761. The smallest absolute Gasteiger partial charge is 0.187 e. The average molecular weight is 268 g/mol. The van der Waals surface area contributed by atoms with Crippen LogP contribution in [0.25, 0.3) is 0 Å². The summed E-state index contributed by atoms with van der Waals surface area (Å²) in [6, 6.07) is 3.12. The van der Waals surface area contributed by atoms with Crippen LogP contribution in [0.15, 0.2) is 29.6 Å². The van der Waals surface area contributed by atoms with E-state index < -0.39 is 11.6 Å². The molecule has 0 amide bonds. The van der Waals surface area contributed by atoms with Crippen molar-refractivity contribution in [1.82, 2.24) is 9.97 Å². The van der Waals surface area contributed by atoms with E-state index >= 15 is 0 Å². The molecule has 1 heterocycles. The van der Waals surface area contributed by atoms with Crippen molar-refractivity contribution in [3.63, 3.8) is 0 Å². The van der Waals surface area contributed by atoms with Gasteiger partial charge in [-0.15, -0.1) is 0 Å². The van der Waals surface area contributed by atoms with Gasteiger partial charge in [0.15, 0.2) is 22.5 Å². The fourth-order valence-corrected chi connectivity index (χ4v) is 1.70. The quantitative estimate of drug-likeness (QED) is 0.629. The molecule has 0 fully saturated rings. The molecule has 0 N–H and O–H groups in total. The number of thioether (sulfide) groups is 1. The van der Waals surface area contributed by atoms with E-state index in [1.54, 1.807) is 6.92 Å². The molecule has 0 radical (unpaired) electrons. The Morgan fingerprint density at radius 1 is 1.22 bits per heavy atom. The molecule has 6 heteroatoms. The monoisotopic (exact) mass is 268 g/mol. The summed E-state index contributed by atoms with van der Waals surface area (Å²) in [7, 11) is 0. The molecule has 2 aromatic rings. The van der Waals surface area contributed by atoms with Gasteiger partial charge in [-0.3, -0.25) is 0 Å². The predicted octanol–water partition coefficient (Wildman–Crippen LogP) is 3.58. The molecule has 94 valence electrons. The number of aromatic nitrogens is 2. The fourth-order valence-electron chi connectivity index (χ4n) is 1.31. The lowest BCUT2D eigenvalue weighted by Crippen LogP contribution is -1.96. The molecule has 2 rings (SSSR count). The van der Waals surface area contributed by atoms with E-state index in [0.29, 0.717) is 16.6 Å². The van der Waals surface area contributed by atoms with Crippen molar-refractivity contribution >= 4 is 11.8 Å². The highest BCUT2D eigenvalue weighted by Crippen LogP contribution is 2.27. The fraction of sp³-hybridized carbons (Fsp3) is 0.167. The van der Waals surface area contributed by atoms with E-state index in [1.807, 2.05) is 6.26 Å². The van der Waals surface area contributed by atoms with Crippen molar-refractivity contribution in [3.05, 3.63) is 41.7 Å². The number of halogens is 2. The van der Waals surface area contributed by atoms with Crippen LogP contribution in [0.4, 0.5) is 8.78 Å². The zero-order valence-corrected chi connectivity index (χ0v) is 10.6. The highest BCUT2D eigenvalue weighted by atomic mass is 32.2. The summed E-state index contributed by atoms with van der Waals surface area (Å²) in [5.41, 5.74) is 0.595. The van der Waals surface area contributed by atoms with Gasteiger partial charge in [0.25, 0.3) is 0 Å². The van der Waals surface area contributed by atoms with Crippen LogP contribution in [-0.2, 0) is 0 Å². The lowest BCUT2D eigenvalue weighted by molar-refractivity contribution is 0.429. The van der Waals surface area contributed by atoms with Gasteiger partial charge in [0.1, 0.15) is 5.82 Å². The Morgan fingerprint density at radius 2 is 2.00 bits per heavy atom. The van der Waals surface area contributed by atoms with Crippen molar-refractivity contribution < 1.29 is 13.5 Å². The number of hydrogen-bond donors (Lipinski definition) is 0. The third-order valence-electron chi connectivity index (χ3n) is 2.21. The van der Waals surface area contributed by atoms with Gasteiger partial charge in [-0.05, 0) is 25.3 Å². The van der Waals surface area contributed by atoms with Crippen LogP contribution in [0.1, 0.15) is 5.69 Å². The van der Waals surface area contributed by atoms with E-state index in [0.717, 1.165) is 12.1 Å². The van der Waals surface area contributed by atoms with E-state index in [-0.39, 0.29) is 5.75 Å². The largest absolute Gasteiger partial charge is 0.451 e. The molecule has 18 heavy (non-hydrogen) atoms. The summed E-state index contributed by atoms with van der Waals surface area (Å²) in [6.07, 6.45) is 3.33. The molecule has 0 unspecified atom stereocenters. The van der Waals surface area contributed by atoms with Gasteiger partial charge in [0.05, 0.1) is 11.9 Å². The first-order chi connectivity index (χ1) is 8.60. The summed E-state index contributed by atoms with van der Waals surface area (Å²) in [5.74, 6) is -1.12. The van der Waals surface area contributed by atoms with Gasteiger partial charge >= 0.3 is 0 Å². The number of aryl methyl sites for hydroxylation is 1. The maximum Gasteiger partial charge on any atom is 0.187 e. The van der Waals surface area contributed by atoms with Gasteiger partial charge in [-0.2, -0.15) is 0 Å². The second-order valence-electron chi connectivity index (χ2n) is 3.48. The third kappa shape index (κ3) is 2.76. The summed E-state index contributed by atoms with van der Waals surface area (Å²) < 4.78 is 31.5. The van der Waals surface area contributed by atoms with E-state index in [2.05, 4.69) is 9.97 Å². The summed E-state index contributed by atoms with van der Waals surface area (Å²) in [5, 5.41) is 0.611. The maximum atomic E-state index is 13.4. The zero-order chi connectivity index (χ0) is 13.1. The summed E-state index contributed by atoms with van der Waals surface area (Å²) in [6.45, 7) is 1.73.